The molecule has 0 aliphatic carbocycles. The van der Waals surface area contributed by atoms with E-state index in [0.717, 1.165) is 12.3 Å². The third kappa shape index (κ3) is 2.67. The number of fused-ring (bicyclic) bond motifs is 1. The molecule has 3 heteroatoms. The minimum Gasteiger partial charge on any atom is -0.497 e. The van der Waals surface area contributed by atoms with E-state index in [4.69, 9.17) is 4.74 Å². The van der Waals surface area contributed by atoms with Crippen LogP contribution in [0.4, 0.5) is 0 Å². The van der Waals surface area contributed by atoms with Crippen LogP contribution in [0.2, 0.25) is 0 Å². The fraction of sp³-hybridized carbons (Fsp3) is 0.467. The van der Waals surface area contributed by atoms with Crippen LogP contribution in [0.15, 0.2) is 18.2 Å². The van der Waals surface area contributed by atoms with Gasteiger partial charge in [-0.2, -0.15) is 0 Å². The number of nitrogens with one attached hydrogen (secondary N) is 2. The molecular formula is C15H22N2O. The molecule has 0 saturated heterocycles. The number of aromatic amines is 1. The normalized spacial score (nSPS) is 12.1. The van der Waals surface area contributed by atoms with E-state index >= 15 is 0 Å². The first-order valence-electron chi connectivity index (χ1n) is 6.31. The van der Waals surface area contributed by atoms with Gasteiger partial charge in [-0.3, -0.25) is 0 Å². The van der Waals surface area contributed by atoms with Crippen molar-refractivity contribution in [3.05, 3.63) is 29.5 Å². The molecular weight excluding hydrogens is 224 g/mol. The first-order valence-corrected chi connectivity index (χ1v) is 6.31. The lowest BCUT2D eigenvalue weighted by molar-refractivity contribution is 0.415. The van der Waals surface area contributed by atoms with Crippen LogP contribution in [-0.2, 0) is 6.54 Å². The van der Waals surface area contributed by atoms with Crippen molar-refractivity contribution in [2.24, 2.45) is 0 Å². The zero-order chi connectivity index (χ0) is 13.3. The van der Waals surface area contributed by atoms with Gasteiger partial charge < -0.3 is 15.0 Å². The maximum absolute atomic E-state index is 5.30. The molecule has 2 aromatic rings. The third-order valence-electron chi connectivity index (χ3n) is 3.12. The van der Waals surface area contributed by atoms with E-state index in [2.05, 4.69) is 50.1 Å². The van der Waals surface area contributed by atoms with Gasteiger partial charge >= 0.3 is 0 Å². The summed E-state index contributed by atoms with van der Waals surface area (Å²) in [7, 11) is 1.70. The number of H-pyrrole nitrogens is 1. The maximum Gasteiger partial charge on any atom is 0.119 e. The van der Waals surface area contributed by atoms with E-state index in [9.17, 15) is 0 Å². The van der Waals surface area contributed by atoms with Gasteiger partial charge in [-0.05, 0) is 51.5 Å². The van der Waals surface area contributed by atoms with Gasteiger partial charge in [0.05, 0.1) is 7.11 Å². The summed E-state index contributed by atoms with van der Waals surface area (Å²) in [5.74, 6) is 0.901. The Bertz CT molecular complexity index is 549. The van der Waals surface area contributed by atoms with Crippen molar-refractivity contribution in [2.75, 3.05) is 7.11 Å². The molecule has 0 atom stereocenters. The molecule has 0 radical (unpaired) electrons. The minimum absolute atomic E-state index is 0.120. The summed E-state index contributed by atoms with van der Waals surface area (Å²) in [6.07, 6.45) is 0. The number of hydrogen-bond donors (Lipinski definition) is 2. The SMILES string of the molecule is COc1ccc2[nH]c(C)c(CNC(C)(C)C)c2c1. The molecule has 0 aliphatic rings. The van der Waals surface area contributed by atoms with E-state index in [1.807, 2.05) is 6.07 Å². The second-order valence-corrected chi connectivity index (χ2v) is 5.74. The summed E-state index contributed by atoms with van der Waals surface area (Å²) in [5, 5.41) is 4.77. The molecule has 98 valence electrons. The summed E-state index contributed by atoms with van der Waals surface area (Å²) in [5.41, 5.74) is 3.82. The van der Waals surface area contributed by atoms with Crippen LogP contribution >= 0.6 is 0 Å². The Kier molecular flexibility index (Phi) is 3.35. The highest BCUT2D eigenvalue weighted by Crippen LogP contribution is 2.26. The molecule has 18 heavy (non-hydrogen) atoms. The standard InChI is InChI=1S/C15H22N2O/c1-10-13(9-16-15(2,3)4)12-8-11(18-5)6-7-14(12)17-10/h6-8,16-17H,9H2,1-5H3. The predicted molar refractivity (Wildman–Crippen MR) is 76.2 cm³/mol. The zero-order valence-corrected chi connectivity index (χ0v) is 11.8. The number of benzene rings is 1. The van der Waals surface area contributed by atoms with Crippen molar-refractivity contribution in [2.45, 2.75) is 39.8 Å². The van der Waals surface area contributed by atoms with Crippen LogP contribution in [0, 0.1) is 6.92 Å². The average Bonchev–Trinajstić information content (AvgIpc) is 2.60. The molecule has 0 unspecified atom stereocenters. The highest BCUT2D eigenvalue weighted by molar-refractivity contribution is 5.86. The molecule has 2 rings (SSSR count). The second kappa shape index (κ2) is 4.65. The van der Waals surface area contributed by atoms with Crippen LogP contribution in [-0.4, -0.2) is 17.6 Å². The monoisotopic (exact) mass is 246 g/mol. The quantitative estimate of drug-likeness (QED) is 0.871. The third-order valence-corrected chi connectivity index (χ3v) is 3.12. The Labute approximate surface area is 109 Å². The van der Waals surface area contributed by atoms with E-state index in [-0.39, 0.29) is 5.54 Å². The fourth-order valence-corrected chi connectivity index (χ4v) is 2.07. The fourth-order valence-electron chi connectivity index (χ4n) is 2.07. The summed E-state index contributed by atoms with van der Waals surface area (Å²) >= 11 is 0. The summed E-state index contributed by atoms with van der Waals surface area (Å²) < 4.78 is 5.30. The van der Waals surface area contributed by atoms with E-state index in [1.165, 1.54) is 22.2 Å². The molecule has 0 amide bonds. The Hall–Kier alpha value is -1.48. The number of methoxy groups -OCH3 is 1. The highest BCUT2D eigenvalue weighted by atomic mass is 16.5. The smallest absolute Gasteiger partial charge is 0.119 e. The molecule has 1 aromatic carbocycles. The topological polar surface area (TPSA) is 37.0 Å². The number of ether oxygens (including phenoxy) is 1. The lowest BCUT2D eigenvalue weighted by atomic mass is 10.1. The van der Waals surface area contributed by atoms with Gasteiger partial charge in [0.25, 0.3) is 0 Å². The van der Waals surface area contributed by atoms with Crippen molar-refractivity contribution in [3.8, 4) is 5.75 Å². The molecule has 1 heterocycles. The lowest BCUT2D eigenvalue weighted by Crippen LogP contribution is -2.35. The van der Waals surface area contributed by atoms with Crippen molar-refractivity contribution in [1.82, 2.24) is 10.3 Å². The summed E-state index contributed by atoms with van der Waals surface area (Å²) in [6.45, 7) is 9.52. The summed E-state index contributed by atoms with van der Waals surface area (Å²) in [6, 6.07) is 6.15. The number of aryl methyl sites for hydroxylation is 1. The Balaban J connectivity index is 2.39. The molecule has 0 aliphatic heterocycles. The highest BCUT2D eigenvalue weighted by Gasteiger charge is 2.13. The van der Waals surface area contributed by atoms with Gasteiger partial charge in [0.15, 0.2) is 0 Å². The van der Waals surface area contributed by atoms with E-state index < -0.39 is 0 Å². The van der Waals surface area contributed by atoms with Gasteiger partial charge in [-0.25, -0.2) is 0 Å². The number of hydrogen-bond acceptors (Lipinski definition) is 2. The molecule has 0 spiro atoms. The van der Waals surface area contributed by atoms with Crippen LogP contribution < -0.4 is 10.1 Å². The van der Waals surface area contributed by atoms with Gasteiger partial charge in [-0.1, -0.05) is 0 Å². The molecule has 3 nitrogen and oxygen atoms in total. The van der Waals surface area contributed by atoms with Gasteiger partial charge in [-0.15, -0.1) is 0 Å². The molecule has 0 bridgehead atoms. The Morgan fingerprint density at radius 3 is 2.61 bits per heavy atom. The van der Waals surface area contributed by atoms with Gasteiger partial charge in [0.1, 0.15) is 5.75 Å². The molecule has 0 fully saturated rings. The van der Waals surface area contributed by atoms with Crippen molar-refractivity contribution < 1.29 is 4.74 Å². The zero-order valence-electron chi connectivity index (χ0n) is 11.8. The molecule has 1 aromatic heterocycles. The van der Waals surface area contributed by atoms with E-state index in [0.29, 0.717) is 0 Å². The molecule has 2 N–H and O–H groups in total. The predicted octanol–water partition coefficient (Wildman–Crippen LogP) is 3.37. The largest absolute Gasteiger partial charge is 0.497 e. The summed E-state index contributed by atoms with van der Waals surface area (Å²) in [4.78, 5) is 3.42. The minimum atomic E-state index is 0.120. The molecule has 0 saturated carbocycles. The number of aromatic nitrogens is 1. The number of rotatable bonds is 3. The van der Waals surface area contributed by atoms with Crippen LogP contribution in [0.5, 0.6) is 5.75 Å². The van der Waals surface area contributed by atoms with Crippen LogP contribution in [0.25, 0.3) is 10.9 Å². The second-order valence-electron chi connectivity index (χ2n) is 5.74. The van der Waals surface area contributed by atoms with Crippen molar-refractivity contribution in [3.63, 3.8) is 0 Å². The average molecular weight is 246 g/mol. The Morgan fingerprint density at radius 2 is 2.00 bits per heavy atom. The maximum atomic E-state index is 5.30. The van der Waals surface area contributed by atoms with Gasteiger partial charge in [0, 0.05) is 28.7 Å². The lowest BCUT2D eigenvalue weighted by Gasteiger charge is -2.20. The van der Waals surface area contributed by atoms with Crippen LogP contribution in [0.3, 0.4) is 0 Å². The van der Waals surface area contributed by atoms with Crippen LogP contribution in [0.1, 0.15) is 32.0 Å². The van der Waals surface area contributed by atoms with Crippen molar-refractivity contribution >= 4 is 10.9 Å². The first-order chi connectivity index (χ1) is 8.40. The van der Waals surface area contributed by atoms with E-state index in [1.54, 1.807) is 7.11 Å². The first kappa shape index (κ1) is 13.0. The van der Waals surface area contributed by atoms with Gasteiger partial charge in [0.2, 0.25) is 0 Å². The Morgan fingerprint density at radius 1 is 1.28 bits per heavy atom. The van der Waals surface area contributed by atoms with Crippen molar-refractivity contribution in [1.29, 1.82) is 0 Å².